The predicted molar refractivity (Wildman–Crippen MR) is 90.7 cm³/mol. The molecule has 0 bridgehead atoms. The summed E-state index contributed by atoms with van der Waals surface area (Å²) in [5.41, 5.74) is 2.32. The monoisotopic (exact) mass is 309 g/mol. The van der Waals surface area contributed by atoms with E-state index in [0.717, 1.165) is 6.42 Å². The standard InChI is InChI=1S/C18H19N3O2/c1-3-14-9-11-16(12-10-14)20-21-17(13(2)22)18(23)19-15-7-5-4-6-8-15/h4-12,22H,3H2,1-2H3,(H,19,23). The Morgan fingerprint density at radius 2 is 1.74 bits per heavy atom. The molecule has 0 fully saturated rings. The molecule has 0 aliphatic heterocycles. The van der Waals surface area contributed by atoms with Crippen molar-refractivity contribution in [2.24, 2.45) is 10.2 Å². The molecule has 2 aromatic rings. The second kappa shape index (κ2) is 7.89. The van der Waals surface area contributed by atoms with Gasteiger partial charge in [-0.2, -0.15) is 5.11 Å². The fourth-order valence-electron chi connectivity index (χ4n) is 1.90. The number of rotatable bonds is 5. The minimum Gasteiger partial charge on any atom is -0.510 e. The second-order valence-corrected chi connectivity index (χ2v) is 4.97. The fraction of sp³-hybridized carbons (Fsp3) is 0.167. The van der Waals surface area contributed by atoms with Crippen LogP contribution in [0.4, 0.5) is 11.4 Å². The highest BCUT2D eigenvalue weighted by Crippen LogP contribution is 2.17. The number of hydrogen-bond donors (Lipinski definition) is 2. The highest BCUT2D eigenvalue weighted by atomic mass is 16.3. The number of carbonyl (C=O) groups is 1. The van der Waals surface area contributed by atoms with Crippen LogP contribution in [0.5, 0.6) is 0 Å². The van der Waals surface area contributed by atoms with Crippen molar-refractivity contribution in [2.45, 2.75) is 20.3 Å². The summed E-state index contributed by atoms with van der Waals surface area (Å²) in [6, 6.07) is 16.5. The maximum atomic E-state index is 12.2. The van der Waals surface area contributed by atoms with Gasteiger partial charge in [0.2, 0.25) is 0 Å². The molecule has 0 unspecified atom stereocenters. The number of azo groups is 1. The van der Waals surface area contributed by atoms with Gasteiger partial charge in [-0.1, -0.05) is 37.3 Å². The van der Waals surface area contributed by atoms with Crippen LogP contribution >= 0.6 is 0 Å². The van der Waals surface area contributed by atoms with Crippen molar-refractivity contribution in [3.05, 3.63) is 71.6 Å². The smallest absolute Gasteiger partial charge is 0.279 e. The quantitative estimate of drug-likeness (QED) is 0.474. The predicted octanol–water partition coefficient (Wildman–Crippen LogP) is 4.76. The Kier molecular flexibility index (Phi) is 5.63. The van der Waals surface area contributed by atoms with E-state index in [1.54, 1.807) is 12.1 Å². The number of allylic oxidation sites excluding steroid dienone is 1. The van der Waals surface area contributed by atoms with E-state index in [0.29, 0.717) is 11.4 Å². The first-order valence-corrected chi connectivity index (χ1v) is 7.37. The maximum absolute atomic E-state index is 12.2. The largest absolute Gasteiger partial charge is 0.510 e. The number of aryl methyl sites for hydroxylation is 1. The molecule has 5 nitrogen and oxygen atoms in total. The number of anilines is 1. The van der Waals surface area contributed by atoms with Crippen LogP contribution in [0.3, 0.4) is 0 Å². The highest BCUT2D eigenvalue weighted by molar-refractivity contribution is 6.03. The molecule has 0 aliphatic carbocycles. The minimum absolute atomic E-state index is 0.117. The lowest BCUT2D eigenvalue weighted by Crippen LogP contribution is -2.14. The van der Waals surface area contributed by atoms with Gasteiger partial charge in [-0.3, -0.25) is 4.79 Å². The van der Waals surface area contributed by atoms with E-state index in [-0.39, 0.29) is 11.5 Å². The molecule has 2 N–H and O–H groups in total. The molecule has 0 heterocycles. The molecule has 118 valence electrons. The lowest BCUT2D eigenvalue weighted by atomic mass is 10.2. The van der Waals surface area contributed by atoms with E-state index in [4.69, 9.17) is 0 Å². The summed E-state index contributed by atoms with van der Waals surface area (Å²) in [4.78, 5) is 12.2. The summed E-state index contributed by atoms with van der Waals surface area (Å²) < 4.78 is 0. The third-order valence-corrected chi connectivity index (χ3v) is 3.20. The average molecular weight is 309 g/mol. The normalized spacial score (nSPS) is 12.1. The van der Waals surface area contributed by atoms with Gasteiger partial charge in [0.15, 0.2) is 5.70 Å². The zero-order valence-corrected chi connectivity index (χ0v) is 13.2. The maximum Gasteiger partial charge on any atom is 0.279 e. The summed E-state index contributed by atoms with van der Waals surface area (Å²) in [6.45, 7) is 3.47. The number of nitrogens with one attached hydrogen (secondary N) is 1. The number of nitrogens with zero attached hydrogens (tertiary/aromatic N) is 2. The van der Waals surface area contributed by atoms with Crippen molar-refractivity contribution in [1.82, 2.24) is 0 Å². The van der Waals surface area contributed by atoms with Gasteiger partial charge in [0.05, 0.1) is 5.69 Å². The zero-order chi connectivity index (χ0) is 16.7. The second-order valence-electron chi connectivity index (χ2n) is 4.97. The number of hydrogen-bond acceptors (Lipinski definition) is 4. The Morgan fingerprint density at radius 1 is 1.09 bits per heavy atom. The van der Waals surface area contributed by atoms with Crippen LogP contribution in [0.25, 0.3) is 0 Å². The van der Waals surface area contributed by atoms with Gasteiger partial charge in [-0.25, -0.2) is 0 Å². The molecule has 23 heavy (non-hydrogen) atoms. The molecule has 2 rings (SSSR count). The summed E-state index contributed by atoms with van der Waals surface area (Å²) in [5, 5.41) is 20.3. The zero-order valence-electron chi connectivity index (χ0n) is 13.2. The van der Waals surface area contributed by atoms with Crippen molar-refractivity contribution in [1.29, 1.82) is 0 Å². The molecule has 0 saturated carbocycles. The van der Waals surface area contributed by atoms with E-state index < -0.39 is 5.91 Å². The highest BCUT2D eigenvalue weighted by Gasteiger charge is 2.13. The van der Waals surface area contributed by atoms with E-state index in [1.165, 1.54) is 12.5 Å². The Balaban J connectivity index is 2.13. The fourth-order valence-corrected chi connectivity index (χ4v) is 1.90. The van der Waals surface area contributed by atoms with Gasteiger partial charge in [0.25, 0.3) is 5.91 Å². The molecular formula is C18H19N3O2. The molecule has 0 atom stereocenters. The summed E-state index contributed by atoms with van der Waals surface area (Å²) in [5.74, 6) is -0.697. The number of para-hydroxylation sites is 1. The number of aliphatic hydroxyl groups is 1. The lowest BCUT2D eigenvalue weighted by Gasteiger charge is -2.05. The van der Waals surface area contributed by atoms with Crippen LogP contribution in [-0.4, -0.2) is 11.0 Å². The molecule has 0 radical (unpaired) electrons. The van der Waals surface area contributed by atoms with Crippen molar-refractivity contribution in [3.8, 4) is 0 Å². The van der Waals surface area contributed by atoms with Crippen molar-refractivity contribution in [3.63, 3.8) is 0 Å². The van der Waals surface area contributed by atoms with Gasteiger partial charge in [0, 0.05) is 5.69 Å². The molecule has 0 saturated heterocycles. The SMILES string of the molecule is CCc1ccc(N=NC(C(=O)Nc2ccccc2)=C(C)O)cc1. The van der Waals surface area contributed by atoms with Crippen LogP contribution < -0.4 is 5.32 Å². The number of carbonyl (C=O) groups excluding carboxylic acids is 1. The Bertz CT molecular complexity index is 716. The molecule has 1 amide bonds. The van der Waals surface area contributed by atoms with Gasteiger partial charge in [0.1, 0.15) is 5.76 Å². The van der Waals surface area contributed by atoms with Gasteiger partial charge in [-0.15, -0.1) is 5.11 Å². The van der Waals surface area contributed by atoms with E-state index in [9.17, 15) is 9.90 Å². The van der Waals surface area contributed by atoms with E-state index in [2.05, 4.69) is 22.5 Å². The van der Waals surface area contributed by atoms with Crippen LogP contribution in [0, 0.1) is 0 Å². The van der Waals surface area contributed by atoms with Crippen LogP contribution in [0.15, 0.2) is 76.3 Å². The third kappa shape index (κ3) is 4.78. The molecule has 2 aromatic carbocycles. The average Bonchev–Trinajstić information content (AvgIpc) is 2.56. The van der Waals surface area contributed by atoms with Crippen molar-refractivity contribution >= 4 is 17.3 Å². The first-order chi connectivity index (χ1) is 11.1. The van der Waals surface area contributed by atoms with Crippen LogP contribution in [0.2, 0.25) is 0 Å². The number of amides is 1. The molecular weight excluding hydrogens is 290 g/mol. The number of aliphatic hydroxyl groups excluding tert-OH is 1. The van der Waals surface area contributed by atoms with E-state index >= 15 is 0 Å². The topological polar surface area (TPSA) is 74.0 Å². The Morgan fingerprint density at radius 3 is 2.30 bits per heavy atom. The third-order valence-electron chi connectivity index (χ3n) is 3.20. The molecule has 5 heteroatoms. The van der Waals surface area contributed by atoms with Gasteiger partial charge >= 0.3 is 0 Å². The first kappa shape index (κ1) is 16.4. The van der Waals surface area contributed by atoms with Crippen molar-refractivity contribution in [2.75, 3.05) is 5.32 Å². The van der Waals surface area contributed by atoms with Crippen LogP contribution in [0.1, 0.15) is 19.4 Å². The number of benzene rings is 2. The summed E-state index contributed by atoms with van der Waals surface area (Å²) in [6.07, 6.45) is 0.942. The van der Waals surface area contributed by atoms with Crippen molar-refractivity contribution < 1.29 is 9.90 Å². The summed E-state index contributed by atoms with van der Waals surface area (Å²) in [7, 11) is 0. The molecule has 0 aromatic heterocycles. The van der Waals surface area contributed by atoms with Crippen LogP contribution in [-0.2, 0) is 11.2 Å². The molecule has 0 spiro atoms. The minimum atomic E-state index is -0.509. The Labute approximate surface area is 135 Å². The van der Waals surface area contributed by atoms with E-state index in [1.807, 2.05) is 42.5 Å². The summed E-state index contributed by atoms with van der Waals surface area (Å²) >= 11 is 0. The van der Waals surface area contributed by atoms with Gasteiger partial charge < -0.3 is 10.4 Å². The lowest BCUT2D eigenvalue weighted by molar-refractivity contribution is -0.113. The first-order valence-electron chi connectivity index (χ1n) is 7.37. The molecule has 0 aliphatic rings. The Hall–Kier alpha value is -2.95. The van der Waals surface area contributed by atoms with Gasteiger partial charge in [-0.05, 0) is 43.2 Å².